The summed E-state index contributed by atoms with van der Waals surface area (Å²) in [7, 11) is 0. The first-order valence-electron chi connectivity index (χ1n) is 12.2. The average Bonchev–Trinajstić information content (AvgIpc) is 3.27. The number of pyridine rings is 2. The van der Waals surface area contributed by atoms with E-state index in [1.807, 2.05) is 13.8 Å². The number of ether oxygens (including phenoxy) is 1. The number of aliphatic hydroxyl groups excluding tert-OH is 2. The lowest BCUT2D eigenvalue weighted by Crippen LogP contribution is -2.32. The van der Waals surface area contributed by atoms with E-state index in [0.717, 1.165) is 61.4 Å². The van der Waals surface area contributed by atoms with Gasteiger partial charge in [0.05, 0.1) is 17.4 Å². The van der Waals surface area contributed by atoms with Crippen molar-refractivity contribution in [2.45, 2.75) is 94.8 Å². The Kier molecular flexibility index (Phi) is 4.78. The van der Waals surface area contributed by atoms with Crippen molar-refractivity contribution < 1.29 is 28.1 Å². The van der Waals surface area contributed by atoms with Crippen molar-refractivity contribution in [3.63, 3.8) is 0 Å². The fourth-order valence-electron chi connectivity index (χ4n) is 6.54. The molecule has 1 aliphatic heterocycles. The lowest BCUT2D eigenvalue weighted by molar-refractivity contribution is -0.141. The summed E-state index contributed by atoms with van der Waals surface area (Å²) >= 11 is 0. The van der Waals surface area contributed by atoms with Crippen LogP contribution in [0.4, 0.5) is 13.2 Å². The molecule has 3 aliphatic carbocycles. The van der Waals surface area contributed by atoms with Gasteiger partial charge in [-0.3, -0.25) is 9.97 Å². The first-order chi connectivity index (χ1) is 16.1. The molecular weight excluding hydrogens is 445 g/mol. The third kappa shape index (κ3) is 3.11. The van der Waals surface area contributed by atoms with E-state index in [-0.39, 0.29) is 11.3 Å². The van der Waals surface area contributed by atoms with Gasteiger partial charge < -0.3 is 14.9 Å². The number of hydrogen-bond acceptors (Lipinski definition) is 5. The zero-order chi connectivity index (χ0) is 24.0. The fourth-order valence-corrected chi connectivity index (χ4v) is 6.54. The predicted octanol–water partition coefficient (Wildman–Crippen LogP) is 5.76. The van der Waals surface area contributed by atoms with Crippen LogP contribution in [-0.4, -0.2) is 20.2 Å². The Morgan fingerprint density at radius 2 is 1.76 bits per heavy atom. The molecule has 0 radical (unpaired) electrons. The molecule has 6 rings (SSSR count). The Hall–Kier alpha value is -2.03. The van der Waals surface area contributed by atoms with Crippen LogP contribution >= 0.6 is 0 Å². The molecule has 34 heavy (non-hydrogen) atoms. The van der Waals surface area contributed by atoms with Gasteiger partial charge in [-0.1, -0.05) is 32.8 Å². The van der Waals surface area contributed by atoms with Gasteiger partial charge in [0.25, 0.3) is 0 Å². The quantitative estimate of drug-likeness (QED) is 0.579. The van der Waals surface area contributed by atoms with Crippen LogP contribution in [0.5, 0.6) is 0 Å². The molecule has 2 N–H and O–H groups in total. The monoisotopic (exact) mass is 474 g/mol. The number of aliphatic hydroxyl groups is 2. The van der Waals surface area contributed by atoms with Gasteiger partial charge in [-0.05, 0) is 49.7 Å². The van der Waals surface area contributed by atoms with Gasteiger partial charge in [-0.2, -0.15) is 13.2 Å². The normalized spacial score (nSPS) is 28.5. The summed E-state index contributed by atoms with van der Waals surface area (Å²) in [5, 5.41) is 22.6. The Morgan fingerprint density at radius 3 is 2.32 bits per heavy atom. The van der Waals surface area contributed by atoms with E-state index in [1.165, 1.54) is 12.3 Å². The van der Waals surface area contributed by atoms with E-state index >= 15 is 0 Å². The van der Waals surface area contributed by atoms with Gasteiger partial charge in [0, 0.05) is 34.0 Å². The maximum absolute atomic E-state index is 13.1. The van der Waals surface area contributed by atoms with Crippen molar-refractivity contribution in [3.05, 3.63) is 57.7 Å². The third-order valence-corrected chi connectivity index (χ3v) is 8.39. The van der Waals surface area contributed by atoms with Crippen LogP contribution in [0.1, 0.15) is 122 Å². The van der Waals surface area contributed by atoms with E-state index in [4.69, 9.17) is 9.72 Å². The molecule has 8 heteroatoms. The minimum atomic E-state index is -4.51. The number of fused-ring (bicyclic) bond motifs is 4. The summed E-state index contributed by atoms with van der Waals surface area (Å²) < 4.78 is 46.1. The van der Waals surface area contributed by atoms with Crippen molar-refractivity contribution in [1.82, 2.24) is 9.97 Å². The van der Waals surface area contributed by atoms with Gasteiger partial charge in [-0.15, -0.1) is 0 Å². The smallest absolute Gasteiger partial charge is 0.388 e. The summed E-state index contributed by atoms with van der Waals surface area (Å²) in [5.74, 6) is 0.00512. The molecule has 2 saturated carbocycles. The van der Waals surface area contributed by atoms with Crippen molar-refractivity contribution in [1.29, 1.82) is 0 Å². The van der Waals surface area contributed by atoms with Crippen LogP contribution in [0, 0.1) is 5.41 Å². The van der Waals surface area contributed by atoms with Gasteiger partial charge in [0.15, 0.2) is 0 Å². The van der Waals surface area contributed by atoms with Gasteiger partial charge in [-0.25, -0.2) is 0 Å². The number of hydrogen-bond donors (Lipinski definition) is 2. The fraction of sp³-hybridized carbons (Fsp3) is 0.615. The molecule has 5 nitrogen and oxygen atoms in total. The first kappa shape index (κ1) is 22.4. The molecule has 3 atom stereocenters. The Labute approximate surface area is 196 Å². The summed E-state index contributed by atoms with van der Waals surface area (Å²) in [5.41, 5.74) is 2.49. The lowest BCUT2D eigenvalue weighted by Gasteiger charge is -2.37. The van der Waals surface area contributed by atoms with Crippen molar-refractivity contribution in [3.8, 4) is 0 Å². The summed E-state index contributed by atoms with van der Waals surface area (Å²) in [4.78, 5) is 8.63. The minimum absolute atomic E-state index is 0.00512. The molecule has 3 unspecified atom stereocenters. The van der Waals surface area contributed by atoms with Crippen molar-refractivity contribution >= 4 is 0 Å². The average molecular weight is 475 g/mol. The maximum atomic E-state index is 13.1. The van der Waals surface area contributed by atoms with Gasteiger partial charge in [0.1, 0.15) is 17.9 Å². The summed E-state index contributed by atoms with van der Waals surface area (Å²) in [6, 6.07) is 2.43. The lowest BCUT2D eigenvalue weighted by atomic mass is 9.73. The Morgan fingerprint density at radius 1 is 1.06 bits per heavy atom. The Bertz CT molecular complexity index is 1140. The largest absolute Gasteiger partial charge is 0.433 e. The molecule has 0 bridgehead atoms. The molecule has 3 heterocycles. The SMILES string of the molecule is CC(C)c1nc2c(c3c1C(c1ccc(C(F)(F)F)nc1)OC31CCCC1)C(O)CC1(CC1)C2O. The second kappa shape index (κ2) is 7.24. The molecule has 2 aromatic heterocycles. The molecule has 0 aromatic carbocycles. The summed E-state index contributed by atoms with van der Waals surface area (Å²) in [6.45, 7) is 4.05. The topological polar surface area (TPSA) is 75.5 Å². The van der Waals surface area contributed by atoms with E-state index in [2.05, 4.69) is 4.98 Å². The highest BCUT2D eigenvalue weighted by atomic mass is 19.4. The van der Waals surface area contributed by atoms with E-state index in [9.17, 15) is 23.4 Å². The van der Waals surface area contributed by atoms with Crippen LogP contribution < -0.4 is 0 Å². The highest BCUT2D eigenvalue weighted by molar-refractivity contribution is 5.55. The number of rotatable bonds is 2. The van der Waals surface area contributed by atoms with E-state index in [0.29, 0.717) is 23.2 Å². The van der Waals surface area contributed by atoms with Crippen LogP contribution in [-0.2, 0) is 16.5 Å². The highest BCUT2D eigenvalue weighted by Crippen LogP contribution is 2.66. The molecule has 0 amide bonds. The molecule has 2 spiro atoms. The second-order valence-corrected chi connectivity index (χ2v) is 10.9. The van der Waals surface area contributed by atoms with Crippen LogP contribution in [0.25, 0.3) is 0 Å². The zero-order valence-corrected chi connectivity index (χ0v) is 19.3. The van der Waals surface area contributed by atoms with Crippen molar-refractivity contribution in [2.24, 2.45) is 5.41 Å². The van der Waals surface area contributed by atoms with Gasteiger partial charge in [0.2, 0.25) is 0 Å². The third-order valence-electron chi connectivity index (χ3n) is 8.39. The predicted molar refractivity (Wildman–Crippen MR) is 117 cm³/mol. The molecule has 2 fully saturated rings. The van der Waals surface area contributed by atoms with Crippen molar-refractivity contribution in [2.75, 3.05) is 0 Å². The number of alkyl halides is 3. The number of aromatic nitrogens is 2. The zero-order valence-electron chi connectivity index (χ0n) is 19.3. The molecule has 0 saturated heterocycles. The Balaban J connectivity index is 1.58. The second-order valence-electron chi connectivity index (χ2n) is 10.9. The van der Waals surface area contributed by atoms with E-state index < -0.39 is 35.8 Å². The van der Waals surface area contributed by atoms with Gasteiger partial charge >= 0.3 is 6.18 Å². The van der Waals surface area contributed by atoms with Crippen LogP contribution in [0.2, 0.25) is 0 Å². The standard InChI is InChI=1S/C26H29F3N2O3/c1-13(2)20-18-19(17-15(32)11-24(9-10-24)23(33)21(17)31-20)25(7-3-4-8-25)34-22(18)14-5-6-16(30-12-14)26(27,28)29/h5-6,12-13,15,22-23,32-33H,3-4,7-11H2,1-2H3. The van der Waals surface area contributed by atoms with Crippen LogP contribution in [0.3, 0.4) is 0 Å². The van der Waals surface area contributed by atoms with E-state index in [1.54, 1.807) is 0 Å². The maximum Gasteiger partial charge on any atom is 0.433 e. The molecular formula is C26H29F3N2O3. The van der Waals surface area contributed by atoms with Crippen LogP contribution in [0.15, 0.2) is 18.3 Å². The summed E-state index contributed by atoms with van der Waals surface area (Å²) in [6.07, 6.45) is 0.387. The molecule has 4 aliphatic rings. The highest BCUT2D eigenvalue weighted by Gasteiger charge is 2.59. The number of halogens is 3. The minimum Gasteiger partial charge on any atom is -0.388 e. The molecule has 2 aromatic rings. The first-order valence-corrected chi connectivity index (χ1v) is 12.2. The molecule has 182 valence electrons. The number of nitrogens with zero attached hydrogens (tertiary/aromatic N) is 2.